The molecule has 0 amide bonds. The lowest BCUT2D eigenvalue weighted by atomic mass is 10.3. The minimum absolute atomic E-state index is 0.334. The molecule has 0 radical (unpaired) electrons. The first-order chi connectivity index (χ1) is 9.25. The maximum atomic E-state index is 13.6. The molecule has 1 fully saturated rings. The summed E-state index contributed by atoms with van der Waals surface area (Å²) >= 11 is 0. The van der Waals surface area contributed by atoms with E-state index >= 15 is 0 Å². The molecule has 5 heteroatoms. The Hall–Kier alpha value is -1.62. The second-order valence-corrected chi connectivity index (χ2v) is 5.01. The number of rotatable bonds is 4. The predicted molar refractivity (Wildman–Crippen MR) is 72.3 cm³/mol. The molecule has 0 atom stereocenters. The Morgan fingerprint density at radius 1 is 1.37 bits per heavy atom. The van der Waals surface area contributed by atoms with Gasteiger partial charge in [-0.1, -0.05) is 18.9 Å². The molecular weight excluding hydrogens is 245 g/mol. The van der Waals surface area contributed by atoms with Gasteiger partial charge in [0.1, 0.15) is 5.52 Å². The largest absolute Gasteiger partial charge is 0.376 e. The molecule has 1 aliphatic rings. The molecule has 19 heavy (non-hydrogen) atoms. The molecule has 1 saturated carbocycles. The highest BCUT2D eigenvalue weighted by Gasteiger charge is 2.16. The maximum absolute atomic E-state index is 13.6. The zero-order chi connectivity index (χ0) is 13.2. The third-order valence-electron chi connectivity index (χ3n) is 3.73. The molecule has 0 unspecified atom stereocenters. The molecule has 2 N–H and O–H groups in total. The number of para-hydroxylation sites is 1. The summed E-state index contributed by atoms with van der Waals surface area (Å²) in [5.74, 6) is 0.00906. The first-order valence-electron chi connectivity index (χ1n) is 6.77. The number of ether oxygens (including phenoxy) is 1. The van der Waals surface area contributed by atoms with Crippen LogP contribution in [-0.4, -0.2) is 22.3 Å². The van der Waals surface area contributed by atoms with Gasteiger partial charge in [-0.3, -0.25) is 0 Å². The Balaban J connectivity index is 1.73. The van der Waals surface area contributed by atoms with Gasteiger partial charge >= 0.3 is 0 Å². The third-order valence-corrected chi connectivity index (χ3v) is 3.73. The summed E-state index contributed by atoms with van der Waals surface area (Å²) in [7, 11) is 0. The number of benzene rings is 1. The molecule has 1 aliphatic carbocycles. The van der Waals surface area contributed by atoms with Crippen LogP contribution in [0.4, 0.5) is 10.3 Å². The highest BCUT2D eigenvalue weighted by atomic mass is 19.1. The standard InChI is InChI=1S/C14H18FN3O/c15-11-6-3-7-12-13(11)17-14(16)18(12)8-9-19-10-4-1-2-5-10/h3,6-7,10H,1-2,4-5,8-9H2,(H2,16,17). The zero-order valence-electron chi connectivity index (χ0n) is 10.8. The van der Waals surface area contributed by atoms with Gasteiger partial charge in [-0.15, -0.1) is 0 Å². The van der Waals surface area contributed by atoms with Crippen LogP contribution in [-0.2, 0) is 11.3 Å². The number of hydrogen-bond donors (Lipinski definition) is 1. The highest BCUT2D eigenvalue weighted by molar-refractivity contribution is 5.78. The van der Waals surface area contributed by atoms with Crippen LogP contribution in [0.15, 0.2) is 18.2 Å². The number of hydrogen-bond acceptors (Lipinski definition) is 3. The molecule has 1 aromatic carbocycles. The Morgan fingerprint density at radius 3 is 2.95 bits per heavy atom. The van der Waals surface area contributed by atoms with Gasteiger partial charge < -0.3 is 15.0 Å². The first-order valence-corrected chi connectivity index (χ1v) is 6.77. The van der Waals surface area contributed by atoms with Gasteiger partial charge in [0.05, 0.1) is 18.2 Å². The molecule has 4 nitrogen and oxygen atoms in total. The fourth-order valence-electron chi connectivity index (χ4n) is 2.73. The maximum Gasteiger partial charge on any atom is 0.201 e. The van der Waals surface area contributed by atoms with Crippen molar-refractivity contribution in [2.45, 2.75) is 38.3 Å². The van der Waals surface area contributed by atoms with E-state index in [-0.39, 0.29) is 5.82 Å². The normalized spacial score (nSPS) is 16.5. The number of halogens is 1. The van der Waals surface area contributed by atoms with E-state index in [1.165, 1.54) is 18.9 Å². The summed E-state index contributed by atoms with van der Waals surface area (Å²) in [6.07, 6.45) is 5.19. The van der Waals surface area contributed by atoms with E-state index in [0.717, 1.165) is 18.4 Å². The summed E-state index contributed by atoms with van der Waals surface area (Å²) < 4.78 is 21.2. The number of nitrogens with two attached hydrogens (primary N) is 1. The van der Waals surface area contributed by atoms with E-state index in [2.05, 4.69) is 4.98 Å². The summed E-state index contributed by atoms with van der Waals surface area (Å²) in [5, 5.41) is 0. The van der Waals surface area contributed by atoms with E-state index in [1.54, 1.807) is 6.07 Å². The van der Waals surface area contributed by atoms with Gasteiger partial charge in [-0.05, 0) is 25.0 Å². The lowest BCUT2D eigenvalue weighted by Crippen LogP contribution is -2.14. The molecule has 0 spiro atoms. The SMILES string of the molecule is Nc1nc2c(F)cccc2n1CCOC1CCCC1. The Morgan fingerprint density at radius 2 is 2.16 bits per heavy atom. The van der Waals surface area contributed by atoms with E-state index in [4.69, 9.17) is 10.5 Å². The van der Waals surface area contributed by atoms with Crippen molar-refractivity contribution in [2.75, 3.05) is 12.3 Å². The van der Waals surface area contributed by atoms with Crippen molar-refractivity contribution in [3.8, 4) is 0 Å². The van der Waals surface area contributed by atoms with Gasteiger partial charge in [-0.2, -0.15) is 0 Å². The molecule has 1 heterocycles. The lowest BCUT2D eigenvalue weighted by molar-refractivity contribution is 0.0537. The van der Waals surface area contributed by atoms with E-state index < -0.39 is 0 Å². The first kappa shape index (κ1) is 12.4. The number of aromatic nitrogens is 2. The molecule has 0 saturated heterocycles. The zero-order valence-corrected chi connectivity index (χ0v) is 10.8. The highest BCUT2D eigenvalue weighted by Crippen LogP contribution is 2.22. The van der Waals surface area contributed by atoms with E-state index in [9.17, 15) is 4.39 Å². The molecule has 3 rings (SSSR count). The summed E-state index contributed by atoms with van der Waals surface area (Å²) in [6.45, 7) is 1.21. The smallest absolute Gasteiger partial charge is 0.201 e. The summed E-state index contributed by atoms with van der Waals surface area (Å²) in [6, 6.07) is 4.90. The van der Waals surface area contributed by atoms with Crippen LogP contribution in [0.5, 0.6) is 0 Å². The predicted octanol–water partition coefficient (Wildman–Crippen LogP) is 2.72. The van der Waals surface area contributed by atoms with Crippen molar-refractivity contribution >= 4 is 17.0 Å². The number of anilines is 1. The van der Waals surface area contributed by atoms with Crippen LogP contribution in [0.1, 0.15) is 25.7 Å². The van der Waals surface area contributed by atoms with E-state index in [0.29, 0.717) is 30.7 Å². The fraction of sp³-hybridized carbons (Fsp3) is 0.500. The van der Waals surface area contributed by atoms with Gasteiger partial charge in [0, 0.05) is 6.54 Å². The average molecular weight is 263 g/mol. The number of nitrogen functional groups attached to an aromatic ring is 1. The van der Waals surface area contributed by atoms with Crippen LogP contribution in [0, 0.1) is 5.82 Å². The molecule has 0 aliphatic heterocycles. The Labute approximate surface area is 111 Å². The van der Waals surface area contributed by atoms with Crippen LogP contribution in [0.3, 0.4) is 0 Å². The van der Waals surface area contributed by atoms with Gasteiger partial charge in [0.2, 0.25) is 5.95 Å². The fourth-order valence-corrected chi connectivity index (χ4v) is 2.73. The van der Waals surface area contributed by atoms with Crippen LogP contribution < -0.4 is 5.73 Å². The van der Waals surface area contributed by atoms with Crippen molar-refractivity contribution in [3.63, 3.8) is 0 Å². The molecule has 0 bridgehead atoms. The van der Waals surface area contributed by atoms with Crippen LogP contribution in [0.25, 0.3) is 11.0 Å². The Kier molecular flexibility index (Phi) is 3.38. The van der Waals surface area contributed by atoms with Crippen LogP contribution in [0.2, 0.25) is 0 Å². The van der Waals surface area contributed by atoms with Gasteiger partial charge in [0.25, 0.3) is 0 Å². The second-order valence-electron chi connectivity index (χ2n) is 5.01. The topological polar surface area (TPSA) is 53.1 Å². The number of nitrogens with zero attached hydrogens (tertiary/aromatic N) is 2. The lowest BCUT2D eigenvalue weighted by Gasteiger charge is -2.12. The van der Waals surface area contributed by atoms with Crippen LogP contribution >= 0.6 is 0 Å². The molecule has 2 aromatic rings. The minimum Gasteiger partial charge on any atom is -0.376 e. The van der Waals surface area contributed by atoms with Crippen molar-refractivity contribution in [1.82, 2.24) is 9.55 Å². The van der Waals surface area contributed by atoms with Gasteiger partial charge in [-0.25, -0.2) is 9.37 Å². The van der Waals surface area contributed by atoms with Gasteiger partial charge in [0.15, 0.2) is 5.82 Å². The summed E-state index contributed by atoms with van der Waals surface area (Å²) in [5.41, 5.74) is 6.91. The number of fused-ring (bicyclic) bond motifs is 1. The van der Waals surface area contributed by atoms with Crippen molar-refractivity contribution in [2.24, 2.45) is 0 Å². The Bertz CT molecular complexity index is 575. The monoisotopic (exact) mass is 263 g/mol. The van der Waals surface area contributed by atoms with E-state index in [1.807, 2.05) is 10.6 Å². The third kappa shape index (κ3) is 2.42. The minimum atomic E-state index is -0.334. The van der Waals surface area contributed by atoms with Crippen molar-refractivity contribution in [3.05, 3.63) is 24.0 Å². The number of imidazole rings is 1. The quantitative estimate of drug-likeness (QED) is 0.922. The van der Waals surface area contributed by atoms with Crippen molar-refractivity contribution < 1.29 is 9.13 Å². The molecular formula is C14H18FN3O. The van der Waals surface area contributed by atoms with Crippen molar-refractivity contribution in [1.29, 1.82) is 0 Å². The molecule has 1 aromatic heterocycles. The average Bonchev–Trinajstić information content (AvgIpc) is 3.00. The summed E-state index contributed by atoms with van der Waals surface area (Å²) in [4.78, 5) is 4.07. The molecule has 102 valence electrons. The second kappa shape index (κ2) is 5.17.